The minimum atomic E-state index is 0.177. The molecule has 122 valence electrons. The van der Waals surface area contributed by atoms with Crippen LogP contribution in [0.2, 0.25) is 0 Å². The summed E-state index contributed by atoms with van der Waals surface area (Å²) >= 11 is 0. The highest BCUT2D eigenvalue weighted by Crippen LogP contribution is 2.25. The van der Waals surface area contributed by atoms with E-state index in [0.717, 1.165) is 44.7 Å². The lowest BCUT2D eigenvalue weighted by Crippen LogP contribution is -2.30. The summed E-state index contributed by atoms with van der Waals surface area (Å²) in [5.74, 6) is 1.28. The third kappa shape index (κ3) is 4.55. The average Bonchev–Trinajstić information content (AvgIpc) is 2.80. The molecule has 1 saturated heterocycles. The summed E-state index contributed by atoms with van der Waals surface area (Å²) in [5, 5.41) is 3.39. The van der Waals surface area contributed by atoms with Gasteiger partial charge in [0.15, 0.2) is 5.78 Å². The van der Waals surface area contributed by atoms with Gasteiger partial charge in [-0.25, -0.2) is 0 Å². The van der Waals surface area contributed by atoms with Crippen LogP contribution in [0.4, 0.5) is 0 Å². The zero-order valence-corrected chi connectivity index (χ0v) is 14.0. The van der Waals surface area contributed by atoms with Crippen molar-refractivity contribution in [3.05, 3.63) is 29.3 Å². The molecule has 0 bridgehead atoms. The second kappa shape index (κ2) is 8.30. The van der Waals surface area contributed by atoms with Crippen molar-refractivity contribution in [1.82, 2.24) is 10.2 Å². The first-order valence-electron chi connectivity index (χ1n) is 8.26. The molecule has 2 rings (SSSR count). The van der Waals surface area contributed by atoms with E-state index in [9.17, 15) is 4.79 Å². The predicted molar refractivity (Wildman–Crippen MR) is 90.0 cm³/mol. The van der Waals surface area contributed by atoms with E-state index >= 15 is 0 Å². The van der Waals surface area contributed by atoms with E-state index < -0.39 is 0 Å². The van der Waals surface area contributed by atoms with E-state index in [1.165, 1.54) is 5.56 Å². The maximum absolute atomic E-state index is 12.6. The van der Waals surface area contributed by atoms with Gasteiger partial charge in [0.1, 0.15) is 5.75 Å². The number of Topliss-reactive ketones (excluding diaryl/α,β-unsaturated/α-hetero) is 1. The van der Waals surface area contributed by atoms with E-state index in [2.05, 4.69) is 24.1 Å². The molecule has 1 heterocycles. The number of benzene rings is 1. The van der Waals surface area contributed by atoms with Gasteiger partial charge >= 0.3 is 0 Å². The molecule has 0 amide bonds. The third-order valence-corrected chi connectivity index (χ3v) is 4.28. The topological polar surface area (TPSA) is 41.6 Å². The van der Waals surface area contributed by atoms with Gasteiger partial charge in [-0.1, -0.05) is 19.9 Å². The molecule has 1 aromatic rings. The Morgan fingerprint density at radius 3 is 2.86 bits per heavy atom. The number of carbonyl (C=O) groups excluding carboxylic acids is 1. The summed E-state index contributed by atoms with van der Waals surface area (Å²) in [5.41, 5.74) is 1.91. The zero-order chi connectivity index (χ0) is 15.9. The summed E-state index contributed by atoms with van der Waals surface area (Å²) in [6, 6.07) is 5.95. The van der Waals surface area contributed by atoms with Crippen LogP contribution in [0.5, 0.6) is 5.75 Å². The van der Waals surface area contributed by atoms with Crippen LogP contribution in [0.3, 0.4) is 0 Å². The fourth-order valence-electron chi connectivity index (χ4n) is 2.82. The maximum Gasteiger partial charge on any atom is 0.167 e. The van der Waals surface area contributed by atoms with Crippen molar-refractivity contribution in [2.24, 2.45) is 0 Å². The summed E-state index contributed by atoms with van der Waals surface area (Å²) in [6.45, 7) is 9.30. The number of nitrogens with zero attached hydrogens (tertiary/aromatic N) is 1. The molecule has 0 aromatic heterocycles. The van der Waals surface area contributed by atoms with Crippen LogP contribution in [-0.2, 0) is 0 Å². The molecule has 1 fully saturated rings. The average molecular weight is 304 g/mol. The van der Waals surface area contributed by atoms with Gasteiger partial charge < -0.3 is 15.0 Å². The van der Waals surface area contributed by atoms with Gasteiger partial charge in [0, 0.05) is 26.1 Å². The zero-order valence-electron chi connectivity index (χ0n) is 14.0. The Bertz CT molecular complexity index is 492. The molecule has 1 aromatic carbocycles. The lowest BCUT2D eigenvalue weighted by atomic mass is 9.97. The monoisotopic (exact) mass is 304 g/mol. The van der Waals surface area contributed by atoms with Crippen molar-refractivity contribution in [3.8, 4) is 5.75 Å². The quantitative estimate of drug-likeness (QED) is 0.821. The predicted octanol–water partition coefficient (Wildman–Crippen LogP) is 2.69. The van der Waals surface area contributed by atoms with Crippen LogP contribution in [0.1, 0.15) is 48.5 Å². The standard InChI is InChI=1S/C18H28N2O2/c1-14(2)15-5-6-18(22-3)16(13-15)17(21)7-11-20-10-4-8-19-9-12-20/h5-6,13-14,19H,4,7-12H2,1-3H3. The van der Waals surface area contributed by atoms with Gasteiger partial charge in [-0.15, -0.1) is 0 Å². The van der Waals surface area contributed by atoms with Crippen molar-refractivity contribution in [1.29, 1.82) is 0 Å². The summed E-state index contributed by atoms with van der Waals surface area (Å²) in [4.78, 5) is 15.0. The molecule has 1 aliphatic heterocycles. The number of carbonyl (C=O) groups is 1. The Morgan fingerprint density at radius 1 is 1.32 bits per heavy atom. The molecule has 22 heavy (non-hydrogen) atoms. The molecule has 0 aliphatic carbocycles. The van der Waals surface area contributed by atoms with E-state index in [4.69, 9.17) is 4.74 Å². The first kappa shape index (κ1) is 17.0. The fourth-order valence-corrected chi connectivity index (χ4v) is 2.82. The second-order valence-corrected chi connectivity index (χ2v) is 6.23. The van der Waals surface area contributed by atoms with Gasteiger partial charge in [0.25, 0.3) is 0 Å². The summed E-state index contributed by atoms with van der Waals surface area (Å²) in [6.07, 6.45) is 1.71. The van der Waals surface area contributed by atoms with Crippen LogP contribution in [-0.4, -0.2) is 50.5 Å². The van der Waals surface area contributed by atoms with Crippen molar-refractivity contribution in [2.75, 3.05) is 39.8 Å². The number of rotatable bonds is 6. The largest absolute Gasteiger partial charge is 0.496 e. The molecular weight excluding hydrogens is 276 g/mol. The van der Waals surface area contributed by atoms with E-state index in [-0.39, 0.29) is 5.78 Å². The second-order valence-electron chi connectivity index (χ2n) is 6.23. The Labute approximate surface area is 133 Å². The maximum atomic E-state index is 12.6. The van der Waals surface area contributed by atoms with Gasteiger partial charge in [0.2, 0.25) is 0 Å². The number of nitrogens with one attached hydrogen (secondary N) is 1. The van der Waals surface area contributed by atoms with Crippen LogP contribution in [0, 0.1) is 0 Å². The first-order chi connectivity index (χ1) is 10.6. The van der Waals surface area contributed by atoms with E-state index in [0.29, 0.717) is 18.1 Å². The molecule has 1 N–H and O–H groups in total. The fraction of sp³-hybridized carbons (Fsp3) is 0.611. The Balaban J connectivity index is 2.02. The van der Waals surface area contributed by atoms with Crippen molar-refractivity contribution >= 4 is 5.78 Å². The molecule has 0 saturated carbocycles. The normalized spacial score (nSPS) is 16.5. The van der Waals surface area contributed by atoms with Crippen LogP contribution in [0.25, 0.3) is 0 Å². The number of hydrogen-bond donors (Lipinski definition) is 1. The molecular formula is C18H28N2O2. The summed E-state index contributed by atoms with van der Waals surface area (Å²) in [7, 11) is 1.63. The lowest BCUT2D eigenvalue weighted by molar-refractivity contribution is 0.0962. The molecule has 0 atom stereocenters. The van der Waals surface area contributed by atoms with Crippen molar-refractivity contribution in [2.45, 2.75) is 32.6 Å². The van der Waals surface area contributed by atoms with Crippen LogP contribution < -0.4 is 10.1 Å². The minimum absolute atomic E-state index is 0.177. The Morgan fingerprint density at radius 2 is 2.14 bits per heavy atom. The molecule has 0 unspecified atom stereocenters. The number of ketones is 1. The molecule has 1 aliphatic rings. The van der Waals surface area contributed by atoms with Gasteiger partial charge in [0.05, 0.1) is 12.7 Å². The molecule has 0 spiro atoms. The van der Waals surface area contributed by atoms with Crippen LogP contribution in [0.15, 0.2) is 18.2 Å². The molecule has 0 radical (unpaired) electrons. The number of methoxy groups -OCH3 is 1. The van der Waals surface area contributed by atoms with E-state index in [1.807, 2.05) is 18.2 Å². The highest BCUT2D eigenvalue weighted by Gasteiger charge is 2.16. The summed E-state index contributed by atoms with van der Waals surface area (Å²) < 4.78 is 5.37. The third-order valence-electron chi connectivity index (χ3n) is 4.28. The van der Waals surface area contributed by atoms with Gasteiger partial charge in [-0.2, -0.15) is 0 Å². The first-order valence-corrected chi connectivity index (χ1v) is 8.26. The highest BCUT2D eigenvalue weighted by atomic mass is 16.5. The lowest BCUT2D eigenvalue weighted by Gasteiger charge is -2.19. The number of ether oxygens (including phenoxy) is 1. The van der Waals surface area contributed by atoms with Crippen molar-refractivity contribution < 1.29 is 9.53 Å². The SMILES string of the molecule is COc1ccc(C(C)C)cc1C(=O)CCN1CCCNCC1. The Kier molecular flexibility index (Phi) is 6.40. The van der Waals surface area contributed by atoms with Crippen molar-refractivity contribution in [3.63, 3.8) is 0 Å². The van der Waals surface area contributed by atoms with Gasteiger partial charge in [-0.05, 0) is 43.1 Å². The van der Waals surface area contributed by atoms with E-state index in [1.54, 1.807) is 7.11 Å². The highest BCUT2D eigenvalue weighted by molar-refractivity contribution is 5.99. The minimum Gasteiger partial charge on any atom is -0.496 e. The van der Waals surface area contributed by atoms with Crippen LogP contribution >= 0.6 is 0 Å². The van der Waals surface area contributed by atoms with Gasteiger partial charge in [-0.3, -0.25) is 4.79 Å². The molecule has 4 nitrogen and oxygen atoms in total. The Hall–Kier alpha value is -1.39. The smallest absolute Gasteiger partial charge is 0.167 e. The number of hydrogen-bond acceptors (Lipinski definition) is 4. The molecule has 4 heteroatoms.